The molecular weight excluding hydrogens is 442 g/mol. The smallest absolute Gasteiger partial charge is 0.319 e. The molecule has 33 heavy (non-hydrogen) atoms. The van der Waals surface area contributed by atoms with Crippen LogP contribution in [0, 0.1) is 20.8 Å². The highest BCUT2D eigenvalue weighted by Crippen LogP contribution is 2.21. The lowest BCUT2D eigenvalue weighted by Gasteiger charge is -2.20. The van der Waals surface area contributed by atoms with Crippen molar-refractivity contribution in [3.8, 4) is 0 Å². The van der Waals surface area contributed by atoms with Gasteiger partial charge in [0.25, 0.3) is 5.56 Å². The van der Waals surface area contributed by atoms with Gasteiger partial charge in [0.15, 0.2) is 0 Å². The Kier molecular flexibility index (Phi) is 7.55. The Morgan fingerprint density at radius 3 is 2.42 bits per heavy atom. The number of rotatable bonds is 7. The van der Waals surface area contributed by atoms with Crippen molar-refractivity contribution in [3.05, 3.63) is 97.9 Å². The van der Waals surface area contributed by atoms with Gasteiger partial charge in [0.1, 0.15) is 5.69 Å². The zero-order valence-electron chi connectivity index (χ0n) is 18.7. The van der Waals surface area contributed by atoms with Crippen molar-refractivity contribution >= 4 is 29.3 Å². The van der Waals surface area contributed by atoms with Crippen LogP contribution >= 0.6 is 11.6 Å². The van der Waals surface area contributed by atoms with Crippen molar-refractivity contribution < 1.29 is 14.7 Å². The molecule has 0 aliphatic rings. The summed E-state index contributed by atoms with van der Waals surface area (Å²) in [4.78, 5) is 37.2. The van der Waals surface area contributed by atoms with Gasteiger partial charge in [0.05, 0.1) is 19.0 Å². The number of anilines is 1. The monoisotopic (exact) mass is 467 g/mol. The fourth-order valence-electron chi connectivity index (χ4n) is 3.47. The number of hydrogen-bond acceptors (Lipinski definition) is 3. The lowest BCUT2D eigenvalue weighted by molar-refractivity contribution is -0.137. The number of aryl methyl sites for hydroxylation is 3. The molecule has 0 radical (unpaired) electrons. The number of hydrogen-bond donors (Lipinski definition) is 3. The van der Waals surface area contributed by atoms with Gasteiger partial charge in [-0.05, 0) is 60.7 Å². The second-order valence-corrected chi connectivity index (χ2v) is 8.40. The lowest BCUT2D eigenvalue weighted by atomic mass is 9.99. The summed E-state index contributed by atoms with van der Waals surface area (Å²) in [6, 6.07) is 13.1. The van der Waals surface area contributed by atoms with Gasteiger partial charge in [-0.2, -0.15) is 0 Å². The molecule has 2 amide bonds. The van der Waals surface area contributed by atoms with Crippen LogP contribution in [0.3, 0.4) is 0 Å². The Morgan fingerprint density at radius 2 is 1.76 bits per heavy atom. The van der Waals surface area contributed by atoms with Crippen LogP contribution in [0.2, 0.25) is 5.02 Å². The van der Waals surface area contributed by atoms with E-state index < -0.39 is 18.0 Å². The average molecular weight is 468 g/mol. The summed E-state index contributed by atoms with van der Waals surface area (Å²) < 4.78 is 1.46. The van der Waals surface area contributed by atoms with Gasteiger partial charge in [0, 0.05) is 11.2 Å². The number of amides is 2. The number of carboxylic acids is 1. The predicted molar refractivity (Wildman–Crippen MR) is 129 cm³/mol. The number of carbonyl (C=O) groups excluding carboxylic acids is 1. The summed E-state index contributed by atoms with van der Waals surface area (Å²) in [7, 11) is 0. The molecule has 0 saturated heterocycles. The van der Waals surface area contributed by atoms with E-state index in [0.717, 1.165) is 16.7 Å². The number of carboxylic acid groups (broad SMARTS) is 1. The summed E-state index contributed by atoms with van der Waals surface area (Å²) in [5.74, 6) is -1.04. The van der Waals surface area contributed by atoms with E-state index in [9.17, 15) is 19.5 Å². The number of aromatic nitrogens is 1. The van der Waals surface area contributed by atoms with Crippen LogP contribution < -0.4 is 16.2 Å². The Labute approximate surface area is 197 Å². The number of pyridine rings is 1. The molecule has 172 valence electrons. The third kappa shape index (κ3) is 6.02. The quantitative estimate of drug-likeness (QED) is 0.464. The zero-order valence-corrected chi connectivity index (χ0v) is 19.4. The summed E-state index contributed by atoms with van der Waals surface area (Å²) in [5, 5.41) is 15.2. The molecule has 3 aromatic rings. The molecular formula is C25H26ClN3O4. The second-order valence-electron chi connectivity index (χ2n) is 7.99. The molecule has 3 rings (SSSR count). The highest BCUT2D eigenvalue weighted by atomic mass is 35.5. The molecule has 0 unspecified atom stereocenters. The first-order valence-corrected chi connectivity index (χ1v) is 10.8. The first-order valence-electron chi connectivity index (χ1n) is 10.5. The van der Waals surface area contributed by atoms with Crippen molar-refractivity contribution in [2.24, 2.45) is 0 Å². The van der Waals surface area contributed by atoms with Crippen molar-refractivity contribution in [2.45, 2.75) is 39.8 Å². The molecule has 7 nitrogen and oxygen atoms in total. The van der Waals surface area contributed by atoms with Gasteiger partial charge in [-0.3, -0.25) is 9.59 Å². The fourth-order valence-corrected chi connectivity index (χ4v) is 3.66. The number of nitrogens with zero attached hydrogens (tertiary/aromatic N) is 1. The minimum absolute atomic E-state index is 0.121. The number of urea groups is 1. The van der Waals surface area contributed by atoms with E-state index in [2.05, 4.69) is 10.6 Å². The topological polar surface area (TPSA) is 100 Å². The maximum atomic E-state index is 13.0. The zero-order chi connectivity index (χ0) is 24.1. The first kappa shape index (κ1) is 24.1. The molecule has 0 aliphatic heterocycles. The highest BCUT2D eigenvalue weighted by molar-refractivity contribution is 6.31. The van der Waals surface area contributed by atoms with Crippen molar-refractivity contribution in [1.29, 1.82) is 0 Å². The maximum Gasteiger partial charge on any atom is 0.319 e. The molecule has 1 atom stereocenters. The largest absolute Gasteiger partial charge is 0.481 e. The van der Waals surface area contributed by atoms with Crippen LogP contribution in [0.5, 0.6) is 0 Å². The fraction of sp³-hybridized carbons (Fsp3) is 0.240. The summed E-state index contributed by atoms with van der Waals surface area (Å²) in [6.07, 6.45) is 1.35. The first-order chi connectivity index (χ1) is 15.7. The number of halogens is 1. The average Bonchev–Trinajstić information content (AvgIpc) is 2.75. The van der Waals surface area contributed by atoms with Gasteiger partial charge in [-0.1, -0.05) is 48.0 Å². The molecule has 0 bridgehead atoms. The second kappa shape index (κ2) is 10.4. The van der Waals surface area contributed by atoms with Crippen LogP contribution in [-0.2, 0) is 11.3 Å². The van der Waals surface area contributed by atoms with Crippen LogP contribution in [0.1, 0.15) is 40.3 Å². The van der Waals surface area contributed by atoms with E-state index in [1.807, 2.05) is 44.2 Å². The Balaban J connectivity index is 1.83. The summed E-state index contributed by atoms with van der Waals surface area (Å²) in [5.41, 5.74) is 3.84. The number of aliphatic carboxylic acids is 1. The Morgan fingerprint density at radius 1 is 1.03 bits per heavy atom. The van der Waals surface area contributed by atoms with E-state index in [1.54, 1.807) is 31.3 Å². The van der Waals surface area contributed by atoms with Crippen LogP contribution in [0.4, 0.5) is 10.5 Å². The number of carbonyl (C=O) groups is 2. The van der Waals surface area contributed by atoms with Crippen LogP contribution in [0.25, 0.3) is 0 Å². The normalized spacial score (nSPS) is 11.6. The lowest BCUT2D eigenvalue weighted by Crippen LogP contribution is -2.36. The van der Waals surface area contributed by atoms with E-state index in [1.165, 1.54) is 4.57 Å². The van der Waals surface area contributed by atoms with Crippen LogP contribution in [-0.4, -0.2) is 21.7 Å². The molecule has 1 heterocycles. The summed E-state index contributed by atoms with van der Waals surface area (Å²) in [6.45, 7) is 5.84. The van der Waals surface area contributed by atoms with E-state index in [4.69, 9.17) is 11.6 Å². The molecule has 0 saturated carbocycles. The Bertz CT molecular complexity index is 1250. The third-order valence-electron chi connectivity index (χ3n) is 5.53. The Hall–Kier alpha value is -3.58. The molecule has 0 aliphatic carbocycles. The van der Waals surface area contributed by atoms with E-state index in [-0.39, 0.29) is 24.2 Å². The molecule has 2 aromatic carbocycles. The van der Waals surface area contributed by atoms with Crippen molar-refractivity contribution in [3.63, 3.8) is 0 Å². The van der Waals surface area contributed by atoms with E-state index in [0.29, 0.717) is 16.1 Å². The van der Waals surface area contributed by atoms with Gasteiger partial charge < -0.3 is 20.3 Å². The number of benzene rings is 2. The minimum Gasteiger partial charge on any atom is -0.481 e. The highest BCUT2D eigenvalue weighted by Gasteiger charge is 2.20. The molecule has 1 aromatic heterocycles. The third-order valence-corrected chi connectivity index (χ3v) is 5.90. The molecule has 0 spiro atoms. The van der Waals surface area contributed by atoms with Crippen LogP contribution in [0.15, 0.2) is 59.5 Å². The molecule has 0 fully saturated rings. The van der Waals surface area contributed by atoms with E-state index >= 15 is 0 Å². The van der Waals surface area contributed by atoms with Crippen molar-refractivity contribution in [2.75, 3.05) is 5.32 Å². The van der Waals surface area contributed by atoms with Gasteiger partial charge >= 0.3 is 12.0 Å². The maximum absolute atomic E-state index is 13.0. The summed E-state index contributed by atoms with van der Waals surface area (Å²) >= 11 is 6.22. The van der Waals surface area contributed by atoms with Gasteiger partial charge in [-0.25, -0.2) is 4.79 Å². The standard InChI is InChI=1S/C25H26ClN3O4/c1-15-8-9-18(12-17(15)3)21(13-22(30)31)27-25(33)28-23-16(2)10-11-29(24(23)32)14-19-6-4-5-7-20(19)26/h4-12,21H,13-14H2,1-3H3,(H,30,31)(H2,27,28,33)/t21-/m0/s1. The van der Waals surface area contributed by atoms with Gasteiger partial charge in [-0.15, -0.1) is 0 Å². The molecule has 8 heteroatoms. The minimum atomic E-state index is -1.04. The van der Waals surface area contributed by atoms with Gasteiger partial charge in [0.2, 0.25) is 0 Å². The SMILES string of the molecule is Cc1ccc([C@H](CC(=O)O)NC(=O)Nc2c(C)ccn(Cc3ccccc3Cl)c2=O)cc1C. The molecule has 3 N–H and O–H groups in total. The predicted octanol–water partition coefficient (Wildman–Crippen LogP) is 4.81. The number of nitrogens with one attached hydrogen (secondary N) is 2. The van der Waals surface area contributed by atoms with Crippen molar-refractivity contribution in [1.82, 2.24) is 9.88 Å².